The Bertz CT molecular complexity index is 1210. The number of nitrogens with one attached hydrogen (secondary N) is 2. The Balaban J connectivity index is 1.62. The largest absolute Gasteiger partial charge is 0.381 e. The van der Waals surface area contributed by atoms with Gasteiger partial charge in [-0.05, 0) is 45.1 Å². The number of aromatic amines is 1. The molecule has 0 unspecified atom stereocenters. The normalized spacial score (nSPS) is 15.4. The van der Waals surface area contributed by atoms with Gasteiger partial charge in [0.2, 0.25) is 0 Å². The van der Waals surface area contributed by atoms with Gasteiger partial charge in [-0.1, -0.05) is 41.9 Å². The van der Waals surface area contributed by atoms with E-state index in [-0.39, 0.29) is 0 Å². The maximum absolute atomic E-state index is 6.53. The fraction of sp³-hybridized carbons (Fsp3) is 0.261. The lowest BCUT2D eigenvalue weighted by molar-refractivity contribution is 0.263. The summed E-state index contributed by atoms with van der Waals surface area (Å²) in [4.78, 5) is 12.1. The van der Waals surface area contributed by atoms with E-state index in [1.54, 1.807) is 6.20 Å². The number of nitrogens with two attached hydrogens (primary N) is 1. The molecule has 1 saturated heterocycles. The number of anilines is 2. The van der Waals surface area contributed by atoms with Gasteiger partial charge in [0, 0.05) is 22.6 Å². The number of hydrogen-bond acceptors (Lipinski definition) is 6. The summed E-state index contributed by atoms with van der Waals surface area (Å²) in [6, 6.07) is 14.2. The summed E-state index contributed by atoms with van der Waals surface area (Å²) >= 11 is 6.53. The Morgan fingerprint density at radius 3 is 2.58 bits per heavy atom. The van der Waals surface area contributed by atoms with E-state index >= 15 is 0 Å². The molecule has 0 aliphatic carbocycles. The second-order valence-corrected chi connectivity index (χ2v) is 8.44. The second kappa shape index (κ2) is 8.17. The molecule has 1 aliphatic rings. The van der Waals surface area contributed by atoms with Crippen molar-refractivity contribution in [3.8, 4) is 22.5 Å². The summed E-state index contributed by atoms with van der Waals surface area (Å²) in [5.41, 5.74) is 10.5. The lowest BCUT2D eigenvalue weighted by Gasteiger charge is -2.30. The Kier molecular flexibility index (Phi) is 5.21. The number of nitrogens with zero attached hydrogens (tertiary/aromatic N) is 4. The van der Waals surface area contributed by atoms with Crippen molar-refractivity contribution >= 4 is 34.1 Å². The third kappa shape index (κ3) is 3.94. The number of H-pyrrole nitrogens is 1. The molecule has 0 spiro atoms. The number of benzene rings is 2. The van der Waals surface area contributed by atoms with E-state index < -0.39 is 0 Å². The third-order valence-corrected chi connectivity index (χ3v) is 6.10. The molecule has 1 fully saturated rings. The first-order valence-corrected chi connectivity index (χ1v) is 10.8. The highest BCUT2D eigenvalue weighted by atomic mass is 35.5. The number of aromatic nitrogens is 4. The van der Waals surface area contributed by atoms with E-state index in [1.165, 1.54) is 0 Å². The number of fused-ring (bicyclic) bond motifs is 1. The quantitative estimate of drug-likeness (QED) is 0.440. The maximum atomic E-state index is 6.53. The van der Waals surface area contributed by atoms with Gasteiger partial charge in [-0.3, -0.25) is 5.10 Å². The molecular weight excluding hydrogens is 410 g/mol. The topological polar surface area (TPSA) is 95.8 Å². The third-order valence-electron chi connectivity index (χ3n) is 5.80. The zero-order chi connectivity index (χ0) is 21.4. The van der Waals surface area contributed by atoms with Gasteiger partial charge in [-0.2, -0.15) is 5.10 Å². The van der Waals surface area contributed by atoms with Crippen LogP contribution in [0.1, 0.15) is 12.8 Å². The van der Waals surface area contributed by atoms with Crippen LogP contribution < -0.4 is 11.1 Å². The van der Waals surface area contributed by atoms with Crippen molar-refractivity contribution in [1.82, 2.24) is 25.1 Å². The van der Waals surface area contributed by atoms with Gasteiger partial charge < -0.3 is 16.0 Å². The van der Waals surface area contributed by atoms with Crippen LogP contribution in [0, 0.1) is 0 Å². The van der Waals surface area contributed by atoms with Gasteiger partial charge in [-0.25, -0.2) is 9.97 Å². The maximum Gasteiger partial charge on any atom is 0.169 e. The molecule has 8 heteroatoms. The molecule has 7 nitrogen and oxygen atoms in total. The van der Waals surface area contributed by atoms with Crippen molar-refractivity contribution in [1.29, 1.82) is 0 Å². The average molecular weight is 434 g/mol. The predicted molar refractivity (Wildman–Crippen MR) is 126 cm³/mol. The van der Waals surface area contributed by atoms with Crippen LogP contribution in [0.2, 0.25) is 5.02 Å². The lowest BCUT2D eigenvalue weighted by atomic mass is 10.0. The number of likely N-dealkylation sites (tertiary alicyclic amines) is 1. The summed E-state index contributed by atoms with van der Waals surface area (Å²) in [6.45, 7) is 2.10. The standard InChI is InChI=1S/C23H24ClN7/c1-31-9-7-17(8-10-31)27-23-22(25)28-20(14-5-3-2-4-6-14)21(29-23)15-11-16-13-26-30-19(16)18(24)12-15/h2-6,11-13,17H,7-10H2,1H3,(H2,25,28)(H,26,30)(H,27,29). The molecule has 0 amide bonds. The Hall–Kier alpha value is -3.16. The molecule has 5 rings (SSSR count). The highest BCUT2D eigenvalue weighted by Gasteiger charge is 2.21. The SMILES string of the molecule is CN1CCC(Nc2nc(-c3cc(Cl)c4[nH]ncc4c3)c(-c3ccccc3)nc2N)CC1. The van der Waals surface area contributed by atoms with Crippen LogP contribution in [-0.4, -0.2) is 51.2 Å². The minimum absolute atomic E-state index is 0.322. The zero-order valence-electron chi connectivity index (χ0n) is 17.3. The predicted octanol–water partition coefficient (Wildman–Crippen LogP) is 4.43. The summed E-state index contributed by atoms with van der Waals surface area (Å²) in [5.74, 6) is 1.02. The average Bonchev–Trinajstić information content (AvgIpc) is 3.26. The zero-order valence-corrected chi connectivity index (χ0v) is 18.0. The summed E-state index contributed by atoms with van der Waals surface area (Å²) in [7, 11) is 2.15. The Morgan fingerprint density at radius 2 is 1.81 bits per heavy atom. The number of rotatable bonds is 4. The molecule has 3 heterocycles. The van der Waals surface area contributed by atoms with Crippen molar-refractivity contribution in [2.45, 2.75) is 18.9 Å². The van der Waals surface area contributed by atoms with E-state index in [9.17, 15) is 0 Å². The van der Waals surface area contributed by atoms with E-state index in [0.29, 0.717) is 22.7 Å². The van der Waals surface area contributed by atoms with Crippen molar-refractivity contribution < 1.29 is 0 Å². The number of nitrogen functional groups attached to an aromatic ring is 1. The molecule has 0 saturated carbocycles. The summed E-state index contributed by atoms with van der Waals surface area (Å²) < 4.78 is 0. The first-order valence-electron chi connectivity index (χ1n) is 10.4. The van der Waals surface area contributed by atoms with Gasteiger partial charge in [0.1, 0.15) is 0 Å². The molecule has 0 atom stereocenters. The molecule has 2 aromatic carbocycles. The molecule has 31 heavy (non-hydrogen) atoms. The van der Waals surface area contributed by atoms with Gasteiger partial charge in [0.15, 0.2) is 11.6 Å². The minimum atomic E-state index is 0.322. The molecule has 2 aromatic heterocycles. The molecular formula is C23H24ClN7. The van der Waals surface area contributed by atoms with Crippen LogP contribution >= 0.6 is 11.6 Å². The van der Waals surface area contributed by atoms with Crippen LogP contribution in [0.5, 0.6) is 0 Å². The van der Waals surface area contributed by atoms with Crippen molar-refractivity contribution in [3.05, 3.63) is 53.7 Å². The monoisotopic (exact) mass is 433 g/mol. The minimum Gasteiger partial charge on any atom is -0.381 e. The molecule has 1 aliphatic heterocycles. The number of halogens is 1. The number of hydrogen-bond donors (Lipinski definition) is 3. The van der Waals surface area contributed by atoms with Crippen LogP contribution in [0.15, 0.2) is 48.7 Å². The van der Waals surface area contributed by atoms with Crippen LogP contribution in [0.3, 0.4) is 0 Å². The Labute approximate surface area is 185 Å². The molecule has 0 bridgehead atoms. The summed E-state index contributed by atoms with van der Waals surface area (Å²) in [5, 5.41) is 12.1. The highest BCUT2D eigenvalue weighted by Crippen LogP contribution is 2.36. The van der Waals surface area contributed by atoms with E-state index in [2.05, 4.69) is 27.5 Å². The fourth-order valence-electron chi connectivity index (χ4n) is 4.05. The van der Waals surface area contributed by atoms with Gasteiger partial charge in [-0.15, -0.1) is 0 Å². The first kappa shape index (κ1) is 19.8. The van der Waals surface area contributed by atoms with E-state index in [0.717, 1.165) is 59.3 Å². The smallest absolute Gasteiger partial charge is 0.169 e. The van der Waals surface area contributed by atoms with Crippen molar-refractivity contribution in [3.63, 3.8) is 0 Å². The van der Waals surface area contributed by atoms with Crippen LogP contribution in [0.25, 0.3) is 33.4 Å². The fourth-order valence-corrected chi connectivity index (χ4v) is 4.32. The highest BCUT2D eigenvalue weighted by molar-refractivity contribution is 6.35. The molecule has 0 radical (unpaired) electrons. The van der Waals surface area contributed by atoms with Crippen LogP contribution in [-0.2, 0) is 0 Å². The van der Waals surface area contributed by atoms with Gasteiger partial charge in [0.25, 0.3) is 0 Å². The van der Waals surface area contributed by atoms with E-state index in [1.807, 2.05) is 42.5 Å². The lowest BCUT2D eigenvalue weighted by Crippen LogP contribution is -2.37. The van der Waals surface area contributed by atoms with E-state index in [4.69, 9.17) is 27.3 Å². The van der Waals surface area contributed by atoms with Gasteiger partial charge >= 0.3 is 0 Å². The summed E-state index contributed by atoms with van der Waals surface area (Å²) in [6.07, 6.45) is 3.84. The Morgan fingerprint density at radius 1 is 1.06 bits per heavy atom. The van der Waals surface area contributed by atoms with Gasteiger partial charge in [0.05, 0.1) is 28.1 Å². The van der Waals surface area contributed by atoms with Crippen LogP contribution in [0.4, 0.5) is 11.6 Å². The molecule has 4 aromatic rings. The molecule has 158 valence electrons. The second-order valence-electron chi connectivity index (χ2n) is 8.03. The van der Waals surface area contributed by atoms with Crippen molar-refractivity contribution in [2.75, 3.05) is 31.2 Å². The number of piperidine rings is 1. The van der Waals surface area contributed by atoms with Crippen molar-refractivity contribution in [2.24, 2.45) is 0 Å². The first-order chi connectivity index (χ1) is 15.1. The molecule has 4 N–H and O–H groups in total.